The van der Waals surface area contributed by atoms with Gasteiger partial charge in [0.05, 0.1) is 25.9 Å². The van der Waals surface area contributed by atoms with Gasteiger partial charge in [0.25, 0.3) is 0 Å². The molecule has 1 atom stereocenters. The van der Waals surface area contributed by atoms with Gasteiger partial charge in [-0.15, -0.1) is 0 Å². The molecule has 0 amide bonds. The fraction of sp³-hybridized carbons (Fsp3) is 1.00. The van der Waals surface area contributed by atoms with E-state index in [1.54, 1.807) is 14.2 Å². The van der Waals surface area contributed by atoms with E-state index < -0.39 is 0 Å². The molecule has 0 saturated heterocycles. The van der Waals surface area contributed by atoms with Crippen LogP contribution < -0.4 is 0 Å². The first kappa shape index (κ1) is 13.4. The van der Waals surface area contributed by atoms with Gasteiger partial charge in [0, 0.05) is 14.2 Å². The molecule has 0 aromatic heterocycles. The second-order valence-electron chi connectivity index (χ2n) is 1.95. The fourth-order valence-electron chi connectivity index (χ4n) is 0.303. The van der Waals surface area contributed by atoms with E-state index in [1.165, 1.54) is 0 Å². The van der Waals surface area contributed by atoms with Crippen LogP contribution in [0.25, 0.3) is 0 Å². The zero-order valence-electron chi connectivity index (χ0n) is 7.41. The Morgan fingerprint density at radius 1 is 1.18 bits per heavy atom. The summed E-state index contributed by atoms with van der Waals surface area (Å²) >= 11 is 0. The standard InChI is InChI=1S/C5H12O2.C2H6O2/c1-5(7-3)4-6-2;3-1-2-4/h5H,4H2,1-3H3;3-4H,1-2H2. The molecule has 0 radical (unpaired) electrons. The Balaban J connectivity index is 0. The second kappa shape index (κ2) is 12.5. The molecule has 0 rings (SSSR count). The minimum atomic E-state index is -0.125. The second-order valence-corrected chi connectivity index (χ2v) is 1.95. The van der Waals surface area contributed by atoms with Crippen LogP contribution in [0.1, 0.15) is 6.92 Å². The zero-order valence-corrected chi connectivity index (χ0v) is 7.41. The van der Waals surface area contributed by atoms with Crippen molar-refractivity contribution in [2.24, 2.45) is 0 Å². The van der Waals surface area contributed by atoms with Gasteiger partial charge in [-0.2, -0.15) is 0 Å². The van der Waals surface area contributed by atoms with E-state index in [0.717, 1.165) is 0 Å². The Bertz CT molecular complexity index is 56.4. The topological polar surface area (TPSA) is 58.9 Å². The maximum absolute atomic E-state index is 7.62. The molecular weight excluding hydrogens is 148 g/mol. The summed E-state index contributed by atoms with van der Waals surface area (Å²) in [7, 11) is 3.33. The van der Waals surface area contributed by atoms with Gasteiger partial charge < -0.3 is 19.7 Å². The first-order chi connectivity index (χ1) is 5.22. The minimum absolute atomic E-state index is 0.125. The smallest absolute Gasteiger partial charge is 0.0776 e. The highest BCUT2D eigenvalue weighted by molar-refractivity contribution is 4.41. The van der Waals surface area contributed by atoms with Gasteiger partial charge in [0.2, 0.25) is 0 Å². The summed E-state index contributed by atoms with van der Waals surface area (Å²) in [6.07, 6.45) is 0.227. The number of aliphatic hydroxyl groups is 2. The molecule has 0 aliphatic carbocycles. The van der Waals surface area contributed by atoms with Crippen LogP contribution in [0.4, 0.5) is 0 Å². The van der Waals surface area contributed by atoms with E-state index in [9.17, 15) is 0 Å². The predicted octanol–water partition coefficient (Wildman–Crippen LogP) is -0.361. The molecular formula is C7H18O4. The molecule has 2 N–H and O–H groups in total. The third kappa shape index (κ3) is 17.7. The van der Waals surface area contributed by atoms with Crippen LogP contribution in [0, 0.1) is 0 Å². The number of rotatable bonds is 4. The molecule has 0 bridgehead atoms. The number of methoxy groups -OCH3 is 2. The molecule has 4 nitrogen and oxygen atoms in total. The molecule has 0 saturated carbocycles. The van der Waals surface area contributed by atoms with Gasteiger partial charge in [0.15, 0.2) is 0 Å². The average Bonchev–Trinajstić information content (AvgIpc) is 2.05. The van der Waals surface area contributed by atoms with Crippen LogP contribution >= 0.6 is 0 Å². The van der Waals surface area contributed by atoms with Crippen molar-refractivity contribution >= 4 is 0 Å². The van der Waals surface area contributed by atoms with Crippen molar-refractivity contribution in [3.63, 3.8) is 0 Å². The molecule has 1 unspecified atom stereocenters. The van der Waals surface area contributed by atoms with E-state index in [4.69, 9.17) is 19.7 Å². The van der Waals surface area contributed by atoms with Crippen molar-refractivity contribution in [3.05, 3.63) is 0 Å². The highest BCUT2D eigenvalue weighted by atomic mass is 16.5. The molecule has 4 heteroatoms. The molecule has 0 heterocycles. The van der Waals surface area contributed by atoms with Crippen LogP contribution in [0.2, 0.25) is 0 Å². The fourth-order valence-corrected chi connectivity index (χ4v) is 0.303. The average molecular weight is 166 g/mol. The first-order valence-corrected chi connectivity index (χ1v) is 3.46. The molecule has 11 heavy (non-hydrogen) atoms. The van der Waals surface area contributed by atoms with Crippen LogP contribution in [-0.4, -0.2) is 50.4 Å². The van der Waals surface area contributed by atoms with Crippen LogP contribution in [0.15, 0.2) is 0 Å². The normalized spacial score (nSPS) is 11.7. The third-order valence-corrected chi connectivity index (χ3v) is 0.904. The highest BCUT2D eigenvalue weighted by Gasteiger charge is 1.93. The minimum Gasteiger partial charge on any atom is -0.394 e. The number of ether oxygens (including phenoxy) is 2. The summed E-state index contributed by atoms with van der Waals surface area (Å²) in [5.41, 5.74) is 0. The zero-order chi connectivity index (χ0) is 9.11. The predicted molar refractivity (Wildman–Crippen MR) is 42.5 cm³/mol. The van der Waals surface area contributed by atoms with Crippen LogP contribution in [-0.2, 0) is 9.47 Å². The molecule has 0 spiro atoms. The molecule has 0 aliphatic rings. The lowest BCUT2D eigenvalue weighted by Crippen LogP contribution is -2.11. The summed E-state index contributed by atoms with van der Waals surface area (Å²) in [5.74, 6) is 0. The van der Waals surface area contributed by atoms with Crippen molar-refractivity contribution in [1.29, 1.82) is 0 Å². The van der Waals surface area contributed by atoms with Crippen LogP contribution in [0.5, 0.6) is 0 Å². The number of aliphatic hydroxyl groups excluding tert-OH is 2. The summed E-state index contributed by atoms with van der Waals surface area (Å²) in [4.78, 5) is 0. The maximum Gasteiger partial charge on any atom is 0.0776 e. The van der Waals surface area contributed by atoms with Gasteiger partial charge in [-0.3, -0.25) is 0 Å². The monoisotopic (exact) mass is 166 g/mol. The molecule has 0 aliphatic heterocycles. The number of hydrogen-bond acceptors (Lipinski definition) is 4. The van der Waals surface area contributed by atoms with Crippen molar-refractivity contribution < 1.29 is 19.7 Å². The maximum atomic E-state index is 7.62. The lowest BCUT2D eigenvalue weighted by Gasteiger charge is -2.05. The van der Waals surface area contributed by atoms with Crippen molar-refractivity contribution in [2.45, 2.75) is 13.0 Å². The van der Waals surface area contributed by atoms with Crippen molar-refractivity contribution in [3.8, 4) is 0 Å². The lowest BCUT2D eigenvalue weighted by atomic mass is 10.4. The Morgan fingerprint density at radius 2 is 1.64 bits per heavy atom. The summed E-state index contributed by atoms with van der Waals surface area (Å²) in [6, 6.07) is 0. The van der Waals surface area contributed by atoms with E-state index in [0.29, 0.717) is 6.61 Å². The lowest BCUT2D eigenvalue weighted by molar-refractivity contribution is 0.0401. The summed E-state index contributed by atoms with van der Waals surface area (Å²) in [6.45, 7) is 2.39. The largest absolute Gasteiger partial charge is 0.394 e. The van der Waals surface area contributed by atoms with E-state index in [1.807, 2.05) is 6.92 Å². The third-order valence-electron chi connectivity index (χ3n) is 0.904. The molecule has 0 aromatic rings. The van der Waals surface area contributed by atoms with Gasteiger partial charge in [-0.25, -0.2) is 0 Å². The Morgan fingerprint density at radius 3 is 1.73 bits per heavy atom. The van der Waals surface area contributed by atoms with E-state index >= 15 is 0 Å². The number of hydrogen-bond donors (Lipinski definition) is 2. The first-order valence-electron chi connectivity index (χ1n) is 3.46. The van der Waals surface area contributed by atoms with Gasteiger partial charge >= 0.3 is 0 Å². The molecule has 70 valence electrons. The van der Waals surface area contributed by atoms with Crippen molar-refractivity contribution in [1.82, 2.24) is 0 Å². The van der Waals surface area contributed by atoms with Crippen molar-refractivity contribution in [2.75, 3.05) is 34.0 Å². The Labute approximate surface area is 67.8 Å². The summed E-state index contributed by atoms with van der Waals surface area (Å²) in [5, 5.41) is 15.2. The van der Waals surface area contributed by atoms with Gasteiger partial charge in [0.1, 0.15) is 0 Å². The quantitative estimate of drug-likeness (QED) is 0.598. The Kier molecular flexibility index (Phi) is 15.3. The van der Waals surface area contributed by atoms with E-state index in [2.05, 4.69) is 0 Å². The van der Waals surface area contributed by atoms with Crippen LogP contribution in [0.3, 0.4) is 0 Å². The van der Waals surface area contributed by atoms with Gasteiger partial charge in [-0.05, 0) is 6.92 Å². The molecule has 0 aromatic carbocycles. The highest BCUT2D eigenvalue weighted by Crippen LogP contribution is 1.84. The Hall–Kier alpha value is -0.160. The van der Waals surface area contributed by atoms with E-state index in [-0.39, 0.29) is 19.3 Å². The van der Waals surface area contributed by atoms with Gasteiger partial charge in [-0.1, -0.05) is 0 Å². The SMILES string of the molecule is COCC(C)OC.OCCO. The summed E-state index contributed by atoms with van der Waals surface area (Å²) < 4.78 is 9.64. The molecule has 0 fully saturated rings.